The molecule has 0 spiro atoms. The molecule has 0 radical (unpaired) electrons. The van der Waals surface area contributed by atoms with Crippen molar-refractivity contribution in [1.82, 2.24) is 33.9 Å². The average Bonchev–Trinajstić information content (AvgIpc) is 3.28. The largest absolute Gasteiger partial charge is 0.481 e. The van der Waals surface area contributed by atoms with Crippen molar-refractivity contribution in [2.45, 2.75) is 50.0 Å². The maximum atomic E-state index is 13.3. The van der Waals surface area contributed by atoms with E-state index in [2.05, 4.69) is 25.0 Å². The van der Waals surface area contributed by atoms with Crippen LogP contribution >= 0.6 is 0 Å². The lowest BCUT2D eigenvalue weighted by atomic mass is 9.96. The molecule has 0 bridgehead atoms. The predicted octanol–water partition coefficient (Wildman–Crippen LogP) is -0.243. The minimum absolute atomic E-state index is 0.0354. The number of hydrogen-bond donors (Lipinski definition) is 5. The first kappa shape index (κ1) is 36.0. The van der Waals surface area contributed by atoms with Crippen molar-refractivity contribution >= 4 is 39.0 Å². The summed E-state index contributed by atoms with van der Waals surface area (Å²) in [5.74, 6) is -4.61. The number of nitrogens with one attached hydrogen (secondary N) is 1. The number of ether oxygens (including phenoxy) is 1. The summed E-state index contributed by atoms with van der Waals surface area (Å²) in [5, 5.41) is 38.2. The van der Waals surface area contributed by atoms with Gasteiger partial charge in [-0.05, 0) is 26.5 Å². The molecule has 0 unspecified atom stereocenters. The molecule has 5 N–H and O–H groups in total. The Kier molecular flexibility index (Phi) is 11.6. The summed E-state index contributed by atoms with van der Waals surface area (Å²) in [4.78, 5) is 57.2. The van der Waals surface area contributed by atoms with Gasteiger partial charge in [-0.25, -0.2) is 23.2 Å². The van der Waals surface area contributed by atoms with Crippen LogP contribution < -0.4 is 10.3 Å². The second-order valence-electron chi connectivity index (χ2n) is 10.6. The maximum Gasteiger partial charge on any atom is 0.336 e. The molecule has 4 heterocycles. The number of nitrogens with zero attached hydrogens (tertiary/aromatic N) is 6. The lowest BCUT2D eigenvalue weighted by Gasteiger charge is -2.31. The molecule has 1 fully saturated rings. The van der Waals surface area contributed by atoms with Gasteiger partial charge in [0.25, 0.3) is 5.56 Å². The number of pyridine rings is 1. The molecule has 0 amide bonds. The van der Waals surface area contributed by atoms with Gasteiger partial charge in [0.05, 0.1) is 36.9 Å². The van der Waals surface area contributed by atoms with Crippen molar-refractivity contribution in [3.8, 4) is 17.3 Å². The third-order valence-corrected chi connectivity index (χ3v) is 8.86. The first-order chi connectivity index (χ1) is 21.5. The topological polar surface area (TPSA) is 258 Å². The van der Waals surface area contributed by atoms with Crippen LogP contribution in [0.2, 0.25) is 0 Å². The number of aromatic amines is 1. The summed E-state index contributed by atoms with van der Waals surface area (Å²) in [7, 11) is -0.0955. The second-order valence-corrected chi connectivity index (χ2v) is 12.5. The Morgan fingerprint density at radius 1 is 1.04 bits per heavy atom. The van der Waals surface area contributed by atoms with Crippen LogP contribution in [0.25, 0.3) is 22.4 Å². The third kappa shape index (κ3) is 8.22. The number of hydrogen-bond acceptors (Lipinski definition) is 12. The predicted molar refractivity (Wildman–Crippen MR) is 161 cm³/mol. The van der Waals surface area contributed by atoms with Crippen molar-refractivity contribution in [3.05, 3.63) is 28.3 Å². The van der Waals surface area contributed by atoms with Gasteiger partial charge in [-0.15, -0.1) is 0 Å². The number of carboxylic acid groups (broad SMARTS) is 3. The standard InChI is InChI=1S/C21H29N7O4S.C6H8O7/c1-5-7-16-17-18(27(4)25-16)20(29)24-19(23-17)15-12-14(13-22-21(15)32-6-2)33(30,31)28-10-8-26(3)9-11-28;7-3(8)1-6(13,5(11)12)2-4(9)10/h12-13H,5-11H2,1-4H3,(H,23,24,29);13H,1-2H2,(H,7,8)(H,9,10)(H,11,12). The normalized spacial score (nSPS) is 14.5. The van der Waals surface area contributed by atoms with Crippen LogP contribution in [0.5, 0.6) is 5.88 Å². The fourth-order valence-corrected chi connectivity index (χ4v) is 6.06. The maximum absolute atomic E-state index is 13.3. The molecule has 252 valence electrons. The first-order valence-corrected chi connectivity index (χ1v) is 15.6. The lowest BCUT2D eigenvalue weighted by Crippen LogP contribution is -2.47. The van der Waals surface area contributed by atoms with Crippen molar-refractivity contribution in [1.29, 1.82) is 0 Å². The van der Waals surface area contributed by atoms with E-state index in [-0.39, 0.29) is 22.2 Å². The number of sulfonamides is 1. The molecule has 4 rings (SSSR count). The smallest absolute Gasteiger partial charge is 0.336 e. The number of likely N-dealkylation sites (N-methyl/N-ethyl adjacent to an activating group) is 1. The molecule has 0 saturated carbocycles. The number of carbonyl (C=O) groups is 3. The monoisotopic (exact) mass is 667 g/mol. The zero-order chi connectivity index (χ0) is 34.4. The molecule has 46 heavy (non-hydrogen) atoms. The average molecular weight is 668 g/mol. The fraction of sp³-hybridized carbons (Fsp3) is 0.519. The van der Waals surface area contributed by atoms with Gasteiger partial charge >= 0.3 is 17.9 Å². The Hall–Kier alpha value is -4.46. The van der Waals surface area contributed by atoms with Crippen molar-refractivity contribution < 1.29 is 48.0 Å². The molecular weight excluding hydrogens is 630 g/mol. The summed E-state index contributed by atoms with van der Waals surface area (Å²) in [6.45, 7) is 6.27. The van der Waals surface area contributed by atoms with Gasteiger partial charge in [0.1, 0.15) is 16.2 Å². The SMILES string of the molecule is CCCc1nn(C)c2c(=O)[nH]c(-c3cc(S(=O)(=O)N4CCN(C)CC4)cnc3OCC)nc12.O=C(O)CC(O)(CC(=O)O)C(=O)O. The zero-order valence-corrected chi connectivity index (χ0v) is 26.6. The number of H-pyrrole nitrogens is 1. The number of rotatable bonds is 12. The molecule has 1 saturated heterocycles. The highest BCUT2D eigenvalue weighted by molar-refractivity contribution is 7.89. The summed E-state index contributed by atoms with van der Waals surface area (Å²) < 4.78 is 35.2. The number of aromatic nitrogens is 5. The molecule has 3 aromatic heterocycles. The number of aliphatic carboxylic acids is 3. The Labute approximate surface area is 263 Å². The van der Waals surface area contributed by atoms with Gasteiger partial charge in [0, 0.05) is 33.2 Å². The third-order valence-electron chi connectivity index (χ3n) is 7.00. The van der Waals surface area contributed by atoms with E-state index in [1.807, 2.05) is 14.0 Å². The van der Waals surface area contributed by atoms with Gasteiger partial charge in [-0.3, -0.25) is 19.1 Å². The van der Waals surface area contributed by atoms with Crippen LogP contribution in [0.4, 0.5) is 0 Å². The highest BCUT2D eigenvalue weighted by Crippen LogP contribution is 2.30. The van der Waals surface area contributed by atoms with Gasteiger partial charge in [-0.2, -0.15) is 9.40 Å². The number of aliphatic hydroxyl groups is 1. The Morgan fingerprint density at radius 2 is 1.65 bits per heavy atom. The molecule has 18 nitrogen and oxygen atoms in total. The van der Waals surface area contributed by atoms with Crippen LogP contribution in [0.3, 0.4) is 0 Å². The highest BCUT2D eigenvalue weighted by Gasteiger charge is 2.40. The summed E-state index contributed by atoms with van der Waals surface area (Å²) >= 11 is 0. The summed E-state index contributed by atoms with van der Waals surface area (Å²) in [6.07, 6.45) is 0.524. The lowest BCUT2D eigenvalue weighted by molar-refractivity contribution is -0.170. The Balaban J connectivity index is 0.000000376. The number of piperazine rings is 1. The van der Waals surface area contributed by atoms with E-state index in [0.29, 0.717) is 55.8 Å². The van der Waals surface area contributed by atoms with Gasteiger partial charge in [-0.1, -0.05) is 13.3 Å². The number of fused-ring (bicyclic) bond motifs is 1. The quantitative estimate of drug-likeness (QED) is 0.167. The Morgan fingerprint density at radius 3 is 2.17 bits per heavy atom. The highest BCUT2D eigenvalue weighted by atomic mass is 32.2. The van der Waals surface area contributed by atoms with Gasteiger partial charge < -0.3 is 35.0 Å². The molecule has 19 heteroatoms. The molecule has 1 aliphatic heterocycles. The van der Waals surface area contributed by atoms with Gasteiger partial charge in [0.15, 0.2) is 11.1 Å². The molecular formula is C27H37N7O11S. The van der Waals surface area contributed by atoms with Crippen molar-refractivity contribution in [2.24, 2.45) is 7.05 Å². The fourth-order valence-electron chi connectivity index (χ4n) is 4.67. The van der Waals surface area contributed by atoms with E-state index in [9.17, 15) is 27.6 Å². The summed E-state index contributed by atoms with van der Waals surface area (Å²) in [5.41, 5.74) is -1.20. The minimum Gasteiger partial charge on any atom is -0.481 e. The van der Waals surface area contributed by atoms with Crippen LogP contribution in [0.1, 0.15) is 38.8 Å². The van der Waals surface area contributed by atoms with Crippen LogP contribution in [0.15, 0.2) is 22.0 Å². The van der Waals surface area contributed by atoms with E-state index in [4.69, 9.17) is 25.2 Å². The summed E-state index contributed by atoms with van der Waals surface area (Å²) in [6, 6.07) is 1.48. The first-order valence-electron chi connectivity index (χ1n) is 14.2. The zero-order valence-electron chi connectivity index (χ0n) is 25.8. The van der Waals surface area contributed by atoms with E-state index in [1.165, 1.54) is 21.3 Å². The second kappa shape index (κ2) is 14.8. The van der Waals surface area contributed by atoms with E-state index in [1.54, 1.807) is 14.0 Å². The molecule has 1 aliphatic rings. The van der Waals surface area contributed by atoms with Crippen molar-refractivity contribution in [2.75, 3.05) is 39.8 Å². The Bertz CT molecular complexity index is 1750. The number of carboxylic acids is 3. The molecule has 0 atom stereocenters. The van der Waals surface area contributed by atoms with Crippen LogP contribution in [-0.2, 0) is 37.9 Å². The minimum atomic E-state index is -3.76. The molecule has 3 aromatic rings. The van der Waals surface area contributed by atoms with E-state index in [0.717, 1.165) is 12.1 Å². The molecule has 0 aromatic carbocycles. The van der Waals surface area contributed by atoms with E-state index < -0.39 is 46.4 Å². The van der Waals surface area contributed by atoms with Crippen molar-refractivity contribution in [3.63, 3.8) is 0 Å². The van der Waals surface area contributed by atoms with Crippen LogP contribution in [0, 0.1) is 0 Å². The van der Waals surface area contributed by atoms with E-state index >= 15 is 0 Å². The van der Waals surface area contributed by atoms with Gasteiger partial charge in [0.2, 0.25) is 15.9 Å². The number of aryl methyl sites for hydroxylation is 2. The van der Waals surface area contributed by atoms with Crippen LogP contribution in [-0.4, -0.2) is 126 Å². The molecule has 0 aliphatic carbocycles.